The smallest absolute Gasteiger partial charge is 0.321 e. The number of benzene rings is 2. The number of hydrogen-bond acceptors (Lipinski definition) is 3. The molecule has 2 amide bonds. The molecule has 0 aliphatic heterocycles. The third kappa shape index (κ3) is 4.59. The number of carbonyl (C=O) groups is 2. The van der Waals surface area contributed by atoms with Crippen LogP contribution in [0.15, 0.2) is 54.6 Å². The molecule has 0 spiro atoms. The summed E-state index contributed by atoms with van der Waals surface area (Å²) in [7, 11) is 0. The molecule has 5 heteroatoms. The number of anilines is 3. The molecule has 132 valence electrons. The summed E-state index contributed by atoms with van der Waals surface area (Å²) in [4.78, 5) is 28.9. The van der Waals surface area contributed by atoms with Crippen molar-refractivity contribution in [2.45, 2.75) is 26.7 Å². The molecule has 0 atom stereocenters. The minimum Gasteiger partial charge on any atom is -0.399 e. The fourth-order valence-electron chi connectivity index (χ4n) is 2.67. The van der Waals surface area contributed by atoms with Gasteiger partial charge in [-0.25, -0.2) is 0 Å². The lowest BCUT2D eigenvalue weighted by atomic mass is 10.2. The van der Waals surface area contributed by atoms with Crippen LogP contribution in [0.5, 0.6) is 0 Å². The summed E-state index contributed by atoms with van der Waals surface area (Å²) >= 11 is 0. The first-order valence-electron chi connectivity index (χ1n) is 8.62. The third-order valence-corrected chi connectivity index (χ3v) is 3.83. The SMILES string of the molecule is CCCN(CCC)C(=O)C(=O)N(c1ccccc1)c1ccc(N)cc1. The Morgan fingerprint density at radius 3 is 1.84 bits per heavy atom. The molecule has 2 rings (SSSR count). The second-order valence-corrected chi connectivity index (χ2v) is 5.86. The lowest BCUT2D eigenvalue weighted by Crippen LogP contribution is -2.44. The van der Waals surface area contributed by atoms with Crippen molar-refractivity contribution in [2.24, 2.45) is 0 Å². The molecule has 2 aromatic carbocycles. The molecule has 5 nitrogen and oxygen atoms in total. The predicted octanol–water partition coefficient (Wildman–Crippen LogP) is 3.58. The molecule has 0 saturated carbocycles. The highest BCUT2D eigenvalue weighted by atomic mass is 16.2. The first-order valence-corrected chi connectivity index (χ1v) is 8.62. The Morgan fingerprint density at radius 1 is 0.800 bits per heavy atom. The van der Waals surface area contributed by atoms with E-state index >= 15 is 0 Å². The number of nitrogens with zero attached hydrogens (tertiary/aromatic N) is 2. The maximum Gasteiger partial charge on any atom is 0.321 e. The zero-order valence-corrected chi connectivity index (χ0v) is 14.8. The monoisotopic (exact) mass is 339 g/mol. The van der Waals surface area contributed by atoms with E-state index in [0.29, 0.717) is 30.2 Å². The molecule has 0 fully saturated rings. The molecule has 2 N–H and O–H groups in total. The van der Waals surface area contributed by atoms with Gasteiger partial charge in [0.05, 0.1) is 0 Å². The fraction of sp³-hybridized carbons (Fsp3) is 0.300. The standard InChI is InChI=1S/C20H25N3O2/c1-3-14-22(15-4-2)19(24)20(25)23(17-8-6-5-7-9-17)18-12-10-16(21)11-13-18/h5-13H,3-4,14-15,21H2,1-2H3. The molecule has 25 heavy (non-hydrogen) atoms. The van der Waals surface area contributed by atoms with E-state index in [2.05, 4.69) is 0 Å². The molecule has 0 saturated heterocycles. The van der Waals surface area contributed by atoms with Crippen molar-refractivity contribution in [2.75, 3.05) is 23.7 Å². The molecule has 0 aromatic heterocycles. The van der Waals surface area contributed by atoms with Gasteiger partial charge in [-0.15, -0.1) is 0 Å². The second-order valence-electron chi connectivity index (χ2n) is 5.86. The summed E-state index contributed by atoms with van der Waals surface area (Å²) in [6, 6.07) is 16.1. The summed E-state index contributed by atoms with van der Waals surface area (Å²) in [6.45, 7) is 5.14. The lowest BCUT2D eigenvalue weighted by Gasteiger charge is -2.27. The summed E-state index contributed by atoms with van der Waals surface area (Å²) in [5, 5.41) is 0. The van der Waals surface area contributed by atoms with Crippen LogP contribution in [0, 0.1) is 0 Å². The Labute approximate surface area is 149 Å². The number of nitrogen functional groups attached to an aromatic ring is 1. The van der Waals surface area contributed by atoms with Gasteiger partial charge in [-0.3, -0.25) is 14.5 Å². The van der Waals surface area contributed by atoms with Crippen LogP contribution in [0.3, 0.4) is 0 Å². The van der Waals surface area contributed by atoms with Crippen LogP contribution in [0.2, 0.25) is 0 Å². The molecule has 0 aliphatic carbocycles. The fourth-order valence-corrected chi connectivity index (χ4v) is 2.67. The van der Waals surface area contributed by atoms with Crippen LogP contribution < -0.4 is 10.6 Å². The number of amides is 2. The first-order chi connectivity index (χ1) is 12.1. The van der Waals surface area contributed by atoms with Gasteiger partial charge in [-0.1, -0.05) is 32.0 Å². The molecular weight excluding hydrogens is 314 g/mol. The van der Waals surface area contributed by atoms with E-state index < -0.39 is 11.8 Å². The van der Waals surface area contributed by atoms with Crippen LogP contribution in [0.25, 0.3) is 0 Å². The van der Waals surface area contributed by atoms with E-state index in [9.17, 15) is 9.59 Å². The topological polar surface area (TPSA) is 66.6 Å². The van der Waals surface area contributed by atoms with Gasteiger partial charge in [-0.2, -0.15) is 0 Å². The van der Waals surface area contributed by atoms with Crippen molar-refractivity contribution in [3.8, 4) is 0 Å². The van der Waals surface area contributed by atoms with Gasteiger partial charge >= 0.3 is 11.8 Å². The number of para-hydroxylation sites is 1. The van der Waals surface area contributed by atoms with Crippen molar-refractivity contribution in [3.05, 3.63) is 54.6 Å². The largest absolute Gasteiger partial charge is 0.399 e. The number of rotatable bonds is 6. The van der Waals surface area contributed by atoms with Gasteiger partial charge in [-0.05, 0) is 49.2 Å². The van der Waals surface area contributed by atoms with E-state index in [1.54, 1.807) is 29.2 Å². The Bertz CT molecular complexity index is 693. The number of hydrogen-bond donors (Lipinski definition) is 1. The Morgan fingerprint density at radius 2 is 1.32 bits per heavy atom. The summed E-state index contributed by atoms with van der Waals surface area (Å²) in [5.74, 6) is -1.04. The van der Waals surface area contributed by atoms with Crippen molar-refractivity contribution in [1.29, 1.82) is 0 Å². The average molecular weight is 339 g/mol. The number of carbonyl (C=O) groups excluding carboxylic acids is 2. The maximum atomic E-state index is 13.0. The van der Waals surface area contributed by atoms with Gasteiger partial charge in [0.25, 0.3) is 0 Å². The van der Waals surface area contributed by atoms with Crippen molar-refractivity contribution in [1.82, 2.24) is 4.90 Å². The average Bonchev–Trinajstić information content (AvgIpc) is 2.63. The van der Waals surface area contributed by atoms with Crippen LogP contribution in [-0.4, -0.2) is 29.8 Å². The van der Waals surface area contributed by atoms with Gasteiger partial charge in [0.1, 0.15) is 0 Å². The highest BCUT2D eigenvalue weighted by Crippen LogP contribution is 2.26. The van der Waals surface area contributed by atoms with Gasteiger partial charge in [0.15, 0.2) is 0 Å². The number of nitrogens with two attached hydrogens (primary N) is 1. The first kappa shape index (κ1) is 18.5. The Hall–Kier alpha value is -2.82. The third-order valence-electron chi connectivity index (χ3n) is 3.83. The van der Waals surface area contributed by atoms with Crippen LogP contribution in [-0.2, 0) is 9.59 Å². The van der Waals surface area contributed by atoms with Crippen molar-refractivity contribution >= 4 is 28.9 Å². The van der Waals surface area contributed by atoms with Crippen molar-refractivity contribution in [3.63, 3.8) is 0 Å². The summed E-state index contributed by atoms with van der Waals surface area (Å²) in [6.07, 6.45) is 1.62. The second kappa shape index (κ2) is 8.87. The summed E-state index contributed by atoms with van der Waals surface area (Å²) in [5.41, 5.74) is 7.62. The molecule has 2 aromatic rings. The molecule has 0 radical (unpaired) electrons. The van der Waals surface area contributed by atoms with Gasteiger partial charge in [0.2, 0.25) is 0 Å². The highest BCUT2D eigenvalue weighted by Gasteiger charge is 2.28. The molecule has 0 aliphatic rings. The lowest BCUT2D eigenvalue weighted by molar-refractivity contribution is -0.144. The minimum absolute atomic E-state index is 0.482. The minimum atomic E-state index is -0.558. The van der Waals surface area contributed by atoms with Gasteiger partial charge in [0, 0.05) is 30.2 Å². The van der Waals surface area contributed by atoms with E-state index in [0.717, 1.165) is 12.8 Å². The highest BCUT2D eigenvalue weighted by molar-refractivity contribution is 6.42. The normalized spacial score (nSPS) is 10.3. The molecule has 0 heterocycles. The molecule has 0 unspecified atom stereocenters. The van der Waals surface area contributed by atoms with E-state index in [-0.39, 0.29) is 0 Å². The van der Waals surface area contributed by atoms with Gasteiger partial charge < -0.3 is 10.6 Å². The van der Waals surface area contributed by atoms with E-state index in [1.165, 1.54) is 4.90 Å². The summed E-state index contributed by atoms with van der Waals surface area (Å²) < 4.78 is 0. The van der Waals surface area contributed by atoms with E-state index in [1.807, 2.05) is 44.2 Å². The predicted molar refractivity (Wildman–Crippen MR) is 102 cm³/mol. The zero-order chi connectivity index (χ0) is 18.2. The van der Waals surface area contributed by atoms with Crippen LogP contribution in [0.4, 0.5) is 17.1 Å². The Balaban J connectivity index is 2.39. The molecular formula is C20H25N3O2. The van der Waals surface area contributed by atoms with E-state index in [4.69, 9.17) is 5.73 Å². The molecule has 0 bridgehead atoms. The van der Waals surface area contributed by atoms with Crippen LogP contribution in [0.1, 0.15) is 26.7 Å². The Kier molecular flexibility index (Phi) is 6.57. The quantitative estimate of drug-likeness (QED) is 0.646. The maximum absolute atomic E-state index is 13.0. The zero-order valence-electron chi connectivity index (χ0n) is 14.8. The van der Waals surface area contributed by atoms with Crippen LogP contribution >= 0.6 is 0 Å². The van der Waals surface area contributed by atoms with Crippen molar-refractivity contribution < 1.29 is 9.59 Å².